The molecular weight excluding hydrogens is 145 g/mol. The Labute approximate surface area is 67.9 Å². The first-order valence-corrected chi connectivity index (χ1v) is 4.16. The molecule has 1 atom stereocenters. The van der Waals surface area contributed by atoms with E-state index in [1.54, 1.807) is 0 Å². The van der Waals surface area contributed by atoms with E-state index in [9.17, 15) is 4.39 Å². The summed E-state index contributed by atoms with van der Waals surface area (Å²) in [6.45, 7) is 5.87. The summed E-state index contributed by atoms with van der Waals surface area (Å²) in [6, 6.07) is 0. The van der Waals surface area contributed by atoms with Crippen molar-refractivity contribution in [3.8, 4) is 0 Å². The minimum atomic E-state index is -1.33. The standard InChI is InChI=1S/C8H18FNO/c1-4-8(5-2,6-3)7(9)11-10/h7H,4-6,10H2,1-3H3. The van der Waals surface area contributed by atoms with Crippen LogP contribution in [0.2, 0.25) is 0 Å². The van der Waals surface area contributed by atoms with Gasteiger partial charge in [-0.25, -0.2) is 10.3 Å². The minimum absolute atomic E-state index is 0.380. The second-order valence-electron chi connectivity index (χ2n) is 2.88. The van der Waals surface area contributed by atoms with Gasteiger partial charge in [0, 0.05) is 5.41 Å². The summed E-state index contributed by atoms with van der Waals surface area (Å²) in [6.07, 6.45) is 0.956. The van der Waals surface area contributed by atoms with E-state index >= 15 is 0 Å². The van der Waals surface area contributed by atoms with E-state index in [0.29, 0.717) is 0 Å². The fourth-order valence-corrected chi connectivity index (χ4v) is 1.38. The maximum atomic E-state index is 13.1. The lowest BCUT2D eigenvalue weighted by Gasteiger charge is -2.31. The van der Waals surface area contributed by atoms with Gasteiger partial charge in [-0.15, -0.1) is 0 Å². The van der Waals surface area contributed by atoms with Crippen LogP contribution >= 0.6 is 0 Å². The molecule has 2 N–H and O–H groups in total. The molecule has 0 aromatic heterocycles. The third-order valence-electron chi connectivity index (χ3n) is 2.71. The summed E-state index contributed by atoms with van der Waals surface area (Å²) < 4.78 is 13.1. The monoisotopic (exact) mass is 163 g/mol. The molecule has 0 spiro atoms. The molecule has 0 aliphatic rings. The van der Waals surface area contributed by atoms with Crippen molar-refractivity contribution < 1.29 is 9.23 Å². The van der Waals surface area contributed by atoms with E-state index < -0.39 is 6.36 Å². The Morgan fingerprint density at radius 3 is 1.73 bits per heavy atom. The first-order valence-electron chi connectivity index (χ1n) is 4.16. The average molecular weight is 163 g/mol. The number of hydrogen-bond donors (Lipinski definition) is 1. The van der Waals surface area contributed by atoms with Crippen molar-refractivity contribution in [1.82, 2.24) is 0 Å². The second kappa shape index (κ2) is 4.67. The Kier molecular flexibility index (Phi) is 4.61. The van der Waals surface area contributed by atoms with Gasteiger partial charge >= 0.3 is 0 Å². The van der Waals surface area contributed by atoms with Gasteiger partial charge in [-0.1, -0.05) is 20.8 Å². The molecule has 0 aliphatic heterocycles. The predicted octanol–water partition coefficient (Wildman–Crippen LogP) is 2.39. The topological polar surface area (TPSA) is 35.2 Å². The van der Waals surface area contributed by atoms with Gasteiger partial charge in [0.1, 0.15) is 0 Å². The second-order valence-corrected chi connectivity index (χ2v) is 2.88. The Morgan fingerprint density at radius 1 is 1.27 bits per heavy atom. The molecule has 0 aliphatic carbocycles. The third-order valence-corrected chi connectivity index (χ3v) is 2.71. The van der Waals surface area contributed by atoms with Gasteiger partial charge < -0.3 is 0 Å². The zero-order chi connectivity index (χ0) is 8.91. The third kappa shape index (κ3) is 2.14. The number of rotatable bonds is 5. The van der Waals surface area contributed by atoms with Crippen LogP contribution in [0.1, 0.15) is 40.0 Å². The van der Waals surface area contributed by atoms with Gasteiger partial charge in [0.15, 0.2) is 0 Å². The molecule has 0 bridgehead atoms. The van der Waals surface area contributed by atoms with Crippen LogP contribution in [0.5, 0.6) is 0 Å². The summed E-state index contributed by atoms with van der Waals surface area (Å²) in [5, 5.41) is 0. The number of hydrogen-bond acceptors (Lipinski definition) is 2. The van der Waals surface area contributed by atoms with Crippen LogP contribution < -0.4 is 5.90 Å². The Bertz CT molecular complexity index is 96.0. The smallest absolute Gasteiger partial charge is 0.222 e. The molecule has 0 saturated heterocycles. The van der Waals surface area contributed by atoms with Crippen LogP contribution in [0.15, 0.2) is 0 Å². The molecule has 0 aromatic carbocycles. The molecule has 0 heterocycles. The zero-order valence-electron chi connectivity index (χ0n) is 7.56. The SMILES string of the molecule is CCC(CC)(CC)C(F)ON. The normalized spacial score (nSPS) is 15.0. The Hall–Kier alpha value is -0.150. The van der Waals surface area contributed by atoms with Gasteiger partial charge in [-0.05, 0) is 19.3 Å². The first kappa shape index (κ1) is 10.8. The van der Waals surface area contributed by atoms with Crippen molar-refractivity contribution in [2.24, 2.45) is 11.3 Å². The van der Waals surface area contributed by atoms with Crippen molar-refractivity contribution in [3.05, 3.63) is 0 Å². The van der Waals surface area contributed by atoms with E-state index in [1.807, 2.05) is 20.8 Å². The molecule has 0 fully saturated rings. The van der Waals surface area contributed by atoms with Gasteiger partial charge in [-0.3, -0.25) is 4.84 Å². The van der Waals surface area contributed by atoms with E-state index in [-0.39, 0.29) is 5.41 Å². The van der Waals surface area contributed by atoms with Crippen LogP contribution in [-0.2, 0) is 4.84 Å². The maximum absolute atomic E-state index is 13.1. The van der Waals surface area contributed by atoms with Crippen molar-refractivity contribution in [2.45, 2.75) is 46.4 Å². The molecule has 0 radical (unpaired) electrons. The van der Waals surface area contributed by atoms with Crippen LogP contribution in [0, 0.1) is 5.41 Å². The highest BCUT2D eigenvalue weighted by Gasteiger charge is 2.34. The lowest BCUT2D eigenvalue weighted by Crippen LogP contribution is -2.34. The van der Waals surface area contributed by atoms with E-state index in [4.69, 9.17) is 5.90 Å². The molecule has 0 aromatic rings. The lowest BCUT2D eigenvalue weighted by molar-refractivity contribution is -0.132. The molecule has 0 saturated carbocycles. The summed E-state index contributed by atoms with van der Waals surface area (Å²) in [7, 11) is 0. The Balaban J connectivity index is 4.26. The van der Waals surface area contributed by atoms with Gasteiger partial charge in [0.2, 0.25) is 6.36 Å². The maximum Gasteiger partial charge on any atom is 0.222 e. The van der Waals surface area contributed by atoms with Crippen LogP contribution in [0.3, 0.4) is 0 Å². The predicted molar refractivity (Wildman–Crippen MR) is 43.5 cm³/mol. The van der Waals surface area contributed by atoms with Crippen molar-refractivity contribution in [3.63, 3.8) is 0 Å². The highest BCUT2D eigenvalue weighted by molar-refractivity contribution is 4.77. The van der Waals surface area contributed by atoms with E-state index in [0.717, 1.165) is 19.3 Å². The summed E-state index contributed by atoms with van der Waals surface area (Å²) in [5.41, 5.74) is -0.380. The molecular formula is C8H18FNO. The molecule has 0 amide bonds. The number of halogens is 1. The first-order chi connectivity index (χ1) is 5.16. The number of nitrogens with two attached hydrogens (primary N) is 1. The highest BCUT2D eigenvalue weighted by Crippen LogP contribution is 2.36. The summed E-state index contributed by atoms with van der Waals surface area (Å²) >= 11 is 0. The Morgan fingerprint density at radius 2 is 1.64 bits per heavy atom. The molecule has 1 unspecified atom stereocenters. The van der Waals surface area contributed by atoms with Crippen molar-refractivity contribution >= 4 is 0 Å². The van der Waals surface area contributed by atoms with Crippen molar-refractivity contribution in [1.29, 1.82) is 0 Å². The lowest BCUT2D eigenvalue weighted by atomic mass is 9.80. The van der Waals surface area contributed by atoms with E-state index in [1.165, 1.54) is 0 Å². The average Bonchev–Trinajstić information content (AvgIpc) is 2.08. The van der Waals surface area contributed by atoms with Gasteiger partial charge in [0.05, 0.1) is 0 Å². The fraction of sp³-hybridized carbons (Fsp3) is 1.00. The quantitative estimate of drug-likeness (QED) is 0.631. The summed E-state index contributed by atoms with van der Waals surface area (Å²) in [5.74, 6) is 4.81. The van der Waals surface area contributed by atoms with Crippen LogP contribution in [0.25, 0.3) is 0 Å². The molecule has 68 valence electrons. The van der Waals surface area contributed by atoms with Gasteiger partial charge in [0.25, 0.3) is 0 Å². The molecule has 0 rings (SSSR count). The van der Waals surface area contributed by atoms with Gasteiger partial charge in [-0.2, -0.15) is 0 Å². The van der Waals surface area contributed by atoms with Crippen molar-refractivity contribution in [2.75, 3.05) is 0 Å². The van der Waals surface area contributed by atoms with Crippen LogP contribution in [0.4, 0.5) is 4.39 Å². The summed E-state index contributed by atoms with van der Waals surface area (Å²) in [4.78, 5) is 4.22. The minimum Gasteiger partial charge on any atom is -0.267 e. The molecule has 2 nitrogen and oxygen atoms in total. The largest absolute Gasteiger partial charge is 0.267 e. The van der Waals surface area contributed by atoms with E-state index in [2.05, 4.69) is 4.84 Å². The fourth-order valence-electron chi connectivity index (χ4n) is 1.38. The highest BCUT2D eigenvalue weighted by atomic mass is 19.1. The van der Waals surface area contributed by atoms with Crippen LogP contribution in [-0.4, -0.2) is 6.36 Å². The zero-order valence-corrected chi connectivity index (χ0v) is 7.56. The molecule has 3 heteroatoms. The number of alkyl halides is 1. The molecule has 11 heavy (non-hydrogen) atoms.